The smallest absolute Gasteiger partial charge is 0.171 e. The molecule has 0 unspecified atom stereocenters. The number of quaternary nitrogens is 1. The van der Waals surface area contributed by atoms with Gasteiger partial charge < -0.3 is 20.0 Å². The summed E-state index contributed by atoms with van der Waals surface area (Å²) < 4.78 is 19.2. The Hall–Kier alpha value is -1.92. The molecule has 24 heavy (non-hydrogen) atoms. The Kier molecular flexibility index (Phi) is 5.48. The summed E-state index contributed by atoms with van der Waals surface area (Å²) in [4.78, 5) is 1.52. The number of aryl methyl sites for hydroxylation is 1. The largest absolute Gasteiger partial charge is 0.463 e. The first-order valence-electron chi connectivity index (χ1n) is 8.32. The van der Waals surface area contributed by atoms with E-state index in [1.165, 1.54) is 23.8 Å². The van der Waals surface area contributed by atoms with Crippen LogP contribution in [0.15, 0.2) is 41.0 Å². The van der Waals surface area contributed by atoms with Crippen molar-refractivity contribution < 1.29 is 13.7 Å². The third-order valence-corrected chi connectivity index (χ3v) is 4.77. The molecule has 0 spiro atoms. The molecule has 0 amide bonds. The molecule has 128 valence electrons. The third kappa shape index (κ3) is 4.13. The molecule has 3 rings (SSSR count). The molecule has 1 aromatic carbocycles. The molecule has 1 aliphatic heterocycles. The van der Waals surface area contributed by atoms with Gasteiger partial charge in [-0.05, 0) is 49.0 Å². The zero-order chi connectivity index (χ0) is 16.9. The minimum Gasteiger partial charge on any atom is -0.463 e. The van der Waals surface area contributed by atoms with Crippen molar-refractivity contribution >= 4 is 23.0 Å². The molecular weight excluding hydrogens is 325 g/mol. The van der Waals surface area contributed by atoms with Gasteiger partial charge in [-0.15, -0.1) is 0 Å². The van der Waals surface area contributed by atoms with Gasteiger partial charge in [-0.2, -0.15) is 0 Å². The highest BCUT2D eigenvalue weighted by molar-refractivity contribution is 7.80. The van der Waals surface area contributed by atoms with Crippen LogP contribution in [0, 0.1) is 12.7 Å². The normalized spacial score (nSPS) is 16.1. The lowest BCUT2D eigenvalue weighted by Crippen LogP contribution is -3.11. The SMILES string of the molecule is Cc1ccc(NC(=S)NC[C@@H](c2ccco2)[NH+]2CCCC2)cc1F. The lowest BCUT2D eigenvalue weighted by molar-refractivity contribution is -0.919. The fourth-order valence-electron chi connectivity index (χ4n) is 3.15. The minimum absolute atomic E-state index is 0.233. The number of halogens is 1. The molecule has 0 saturated carbocycles. The molecule has 2 aromatic rings. The molecular formula is C18H23FN3OS+. The lowest BCUT2D eigenvalue weighted by atomic mass is 10.2. The first-order valence-corrected chi connectivity index (χ1v) is 8.73. The predicted molar refractivity (Wildman–Crippen MR) is 96.7 cm³/mol. The average molecular weight is 348 g/mol. The maximum absolute atomic E-state index is 13.6. The van der Waals surface area contributed by atoms with Gasteiger partial charge in [-0.1, -0.05) is 6.07 Å². The summed E-state index contributed by atoms with van der Waals surface area (Å²) >= 11 is 5.35. The number of rotatable bonds is 5. The quantitative estimate of drug-likeness (QED) is 0.726. The van der Waals surface area contributed by atoms with Gasteiger partial charge in [-0.25, -0.2) is 4.39 Å². The van der Waals surface area contributed by atoms with E-state index in [0.717, 1.165) is 18.8 Å². The Balaban J connectivity index is 1.59. The summed E-state index contributed by atoms with van der Waals surface area (Å²) in [5, 5.41) is 6.78. The second-order valence-corrected chi connectivity index (χ2v) is 6.64. The van der Waals surface area contributed by atoms with Gasteiger partial charge in [0.2, 0.25) is 0 Å². The number of furan rings is 1. The van der Waals surface area contributed by atoms with Crippen LogP contribution in [0.25, 0.3) is 0 Å². The van der Waals surface area contributed by atoms with E-state index in [-0.39, 0.29) is 11.9 Å². The van der Waals surface area contributed by atoms with Crippen molar-refractivity contribution in [2.45, 2.75) is 25.8 Å². The number of anilines is 1. The van der Waals surface area contributed by atoms with Gasteiger partial charge in [0.05, 0.1) is 25.9 Å². The Morgan fingerprint density at radius 2 is 2.12 bits per heavy atom. The van der Waals surface area contributed by atoms with Crippen LogP contribution in [-0.4, -0.2) is 24.7 Å². The zero-order valence-electron chi connectivity index (χ0n) is 13.8. The van der Waals surface area contributed by atoms with E-state index in [0.29, 0.717) is 22.9 Å². The van der Waals surface area contributed by atoms with Crippen molar-refractivity contribution in [2.24, 2.45) is 0 Å². The van der Waals surface area contributed by atoms with Gasteiger partial charge in [0, 0.05) is 18.5 Å². The molecule has 0 bridgehead atoms. The second-order valence-electron chi connectivity index (χ2n) is 6.23. The summed E-state index contributed by atoms with van der Waals surface area (Å²) in [6.45, 7) is 4.72. The van der Waals surface area contributed by atoms with Crippen molar-refractivity contribution in [2.75, 3.05) is 25.0 Å². The van der Waals surface area contributed by atoms with Gasteiger partial charge in [0.25, 0.3) is 0 Å². The Bertz CT molecular complexity index is 684. The molecule has 2 heterocycles. The van der Waals surface area contributed by atoms with E-state index >= 15 is 0 Å². The average Bonchev–Trinajstić information content (AvgIpc) is 3.25. The molecule has 0 aliphatic carbocycles. The van der Waals surface area contributed by atoms with Gasteiger partial charge in [0.1, 0.15) is 5.82 Å². The van der Waals surface area contributed by atoms with E-state index < -0.39 is 0 Å². The fraction of sp³-hybridized carbons (Fsp3) is 0.389. The first kappa shape index (κ1) is 16.9. The molecule has 1 fully saturated rings. The number of nitrogens with one attached hydrogen (secondary N) is 3. The van der Waals surface area contributed by atoms with Crippen molar-refractivity contribution in [1.82, 2.24) is 5.32 Å². The first-order chi connectivity index (χ1) is 11.6. The van der Waals surface area contributed by atoms with Crippen LogP contribution in [0.5, 0.6) is 0 Å². The summed E-state index contributed by atoms with van der Waals surface area (Å²) in [5.74, 6) is 0.737. The summed E-state index contributed by atoms with van der Waals surface area (Å²) in [5.41, 5.74) is 1.27. The van der Waals surface area contributed by atoms with Crippen molar-refractivity contribution in [3.8, 4) is 0 Å². The summed E-state index contributed by atoms with van der Waals surface area (Å²) in [6.07, 6.45) is 4.21. The van der Waals surface area contributed by atoms with Crippen molar-refractivity contribution in [3.05, 3.63) is 53.7 Å². The predicted octanol–water partition coefficient (Wildman–Crippen LogP) is 2.43. The van der Waals surface area contributed by atoms with Crippen LogP contribution >= 0.6 is 12.2 Å². The second kappa shape index (κ2) is 7.77. The van der Waals surface area contributed by atoms with Crippen molar-refractivity contribution in [1.29, 1.82) is 0 Å². The van der Waals surface area contributed by atoms with Gasteiger partial charge >= 0.3 is 0 Å². The Morgan fingerprint density at radius 3 is 2.79 bits per heavy atom. The fourth-order valence-corrected chi connectivity index (χ4v) is 3.36. The molecule has 3 N–H and O–H groups in total. The van der Waals surface area contributed by atoms with Gasteiger partial charge in [0.15, 0.2) is 16.9 Å². The number of likely N-dealkylation sites (tertiary alicyclic amines) is 1. The number of hydrogen-bond donors (Lipinski definition) is 3. The Labute approximate surface area is 147 Å². The van der Waals surface area contributed by atoms with Crippen LogP contribution < -0.4 is 15.5 Å². The van der Waals surface area contributed by atoms with E-state index in [2.05, 4.69) is 10.6 Å². The molecule has 1 saturated heterocycles. The number of thiocarbonyl (C=S) groups is 1. The highest BCUT2D eigenvalue weighted by atomic mass is 32.1. The van der Waals surface area contributed by atoms with E-state index in [1.54, 1.807) is 19.3 Å². The molecule has 1 aliphatic rings. The molecule has 0 radical (unpaired) electrons. The topological polar surface area (TPSA) is 41.6 Å². The van der Waals surface area contributed by atoms with Crippen molar-refractivity contribution in [3.63, 3.8) is 0 Å². The summed E-state index contributed by atoms with van der Waals surface area (Å²) in [6, 6.07) is 9.19. The lowest BCUT2D eigenvalue weighted by Gasteiger charge is -2.23. The zero-order valence-corrected chi connectivity index (χ0v) is 14.6. The Morgan fingerprint density at radius 1 is 1.33 bits per heavy atom. The van der Waals surface area contributed by atoms with E-state index in [1.807, 2.05) is 18.2 Å². The van der Waals surface area contributed by atoms with Crippen LogP contribution in [0.2, 0.25) is 0 Å². The van der Waals surface area contributed by atoms with E-state index in [4.69, 9.17) is 16.6 Å². The summed E-state index contributed by atoms with van der Waals surface area (Å²) in [7, 11) is 0. The van der Waals surface area contributed by atoms with Crippen LogP contribution in [-0.2, 0) is 0 Å². The van der Waals surface area contributed by atoms with Crippen LogP contribution in [0.1, 0.15) is 30.2 Å². The number of benzene rings is 1. The molecule has 6 heteroatoms. The molecule has 1 aromatic heterocycles. The maximum Gasteiger partial charge on any atom is 0.171 e. The minimum atomic E-state index is -0.238. The number of hydrogen-bond acceptors (Lipinski definition) is 2. The standard InChI is InChI=1S/C18H22FN3OS/c1-13-6-7-14(11-15(13)19)21-18(24)20-12-16(17-5-4-10-23-17)22-8-2-3-9-22/h4-7,10-11,16H,2-3,8-9,12H2,1H3,(H2,20,21,24)/p+1/t16-/m0/s1. The molecule has 1 atom stereocenters. The van der Waals surface area contributed by atoms with Gasteiger partial charge in [-0.3, -0.25) is 0 Å². The molecule has 4 nitrogen and oxygen atoms in total. The van der Waals surface area contributed by atoms with Crippen LogP contribution in [0.4, 0.5) is 10.1 Å². The maximum atomic E-state index is 13.6. The highest BCUT2D eigenvalue weighted by Crippen LogP contribution is 2.14. The third-order valence-electron chi connectivity index (χ3n) is 4.52. The monoisotopic (exact) mass is 348 g/mol. The van der Waals surface area contributed by atoms with Crippen LogP contribution in [0.3, 0.4) is 0 Å². The van der Waals surface area contributed by atoms with E-state index in [9.17, 15) is 4.39 Å². The highest BCUT2D eigenvalue weighted by Gasteiger charge is 2.29.